The molecule has 11 nitrogen and oxygen atoms in total. The van der Waals surface area contributed by atoms with Crippen LogP contribution in [0.1, 0.15) is 61.6 Å². The fourth-order valence-electron chi connectivity index (χ4n) is 8.36. The van der Waals surface area contributed by atoms with Gasteiger partial charge in [0.05, 0.1) is 17.4 Å². The van der Waals surface area contributed by atoms with Gasteiger partial charge in [-0.1, -0.05) is 43.5 Å². The van der Waals surface area contributed by atoms with Crippen LogP contribution in [0, 0.1) is 6.92 Å². The van der Waals surface area contributed by atoms with E-state index < -0.39 is 12.2 Å². The fraction of sp³-hybridized carbons (Fsp3) is 0.568. The fourth-order valence-corrected chi connectivity index (χ4v) is 8.36. The van der Waals surface area contributed by atoms with E-state index in [0.717, 1.165) is 52.9 Å². The van der Waals surface area contributed by atoms with Gasteiger partial charge in [0.2, 0.25) is 0 Å². The number of piperazine rings is 1. The number of rotatable bonds is 6. The monoisotopic (exact) mass is 655 g/mol. The average molecular weight is 656 g/mol. The Bertz CT molecular complexity index is 1630. The molecule has 48 heavy (non-hydrogen) atoms. The zero-order valence-electron chi connectivity index (χ0n) is 28.4. The first-order chi connectivity index (χ1) is 23.3. The number of benzene rings is 2. The van der Waals surface area contributed by atoms with Crippen LogP contribution in [0.3, 0.4) is 0 Å². The summed E-state index contributed by atoms with van der Waals surface area (Å²) in [5.74, 6) is -0.124. The zero-order valence-corrected chi connectivity index (χ0v) is 28.4. The molecule has 11 heteroatoms. The number of hydrogen-bond acceptors (Lipinski definition) is 6. The Morgan fingerprint density at radius 1 is 0.917 bits per heavy atom. The molecule has 0 unspecified atom stereocenters. The number of aryl methyl sites for hydroxylation is 2. The number of carbonyl (C=O) groups is 3. The van der Waals surface area contributed by atoms with Crippen molar-refractivity contribution in [2.24, 2.45) is 7.05 Å². The number of aromatic nitrogens is 2. The molecule has 0 radical (unpaired) electrons. The molecular formula is C37H49N7O4. The van der Waals surface area contributed by atoms with Crippen molar-refractivity contribution in [3.05, 3.63) is 59.4 Å². The lowest BCUT2D eigenvalue weighted by atomic mass is 9.94. The number of ether oxygens (including phenoxy) is 1. The number of hydrogen-bond donors (Lipinski definition) is 1. The highest BCUT2D eigenvalue weighted by Gasteiger charge is 2.36. The summed E-state index contributed by atoms with van der Waals surface area (Å²) in [5.41, 5.74) is 5.94. The molecule has 1 aliphatic carbocycles. The maximum atomic E-state index is 14.1. The van der Waals surface area contributed by atoms with Gasteiger partial charge in [-0.3, -0.25) is 9.69 Å². The number of fused-ring (bicyclic) bond motifs is 2. The van der Waals surface area contributed by atoms with Crippen molar-refractivity contribution < 1.29 is 19.1 Å². The molecule has 0 spiro atoms. The number of anilines is 1. The van der Waals surface area contributed by atoms with Crippen LogP contribution >= 0.6 is 0 Å². The predicted octanol–water partition coefficient (Wildman–Crippen LogP) is 4.96. The number of nitrogens with one attached hydrogen (secondary N) is 1. The number of amides is 4. The molecule has 3 aromatic rings. The number of likely N-dealkylation sites (tertiary alicyclic amines) is 1. The molecule has 4 amide bonds. The molecule has 1 saturated carbocycles. The van der Waals surface area contributed by atoms with E-state index in [1.807, 2.05) is 52.6 Å². The van der Waals surface area contributed by atoms with E-state index in [0.29, 0.717) is 58.0 Å². The van der Waals surface area contributed by atoms with Crippen LogP contribution in [-0.2, 0) is 29.4 Å². The van der Waals surface area contributed by atoms with E-state index in [9.17, 15) is 14.4 Å². The maximum Gasteiger partial charge on any atom is 0.410 e. The number of carbonyl (C=O) groups excluding carboxylic acids is 3. The van der Waals surface area contributed by atoms with Crippen LogP contribution in [0.5, 0.6) is 0 Å². The molecule has 1 aromatic heterocycles. The van der Waals surface area contributed by atoms with E-state index in [1.54, 1.807) is 11.2 Å². The van der Waals surface area contributed by atoms with E-state index in [1.165, 1.54) is 32.1 Å². The maximum absolute atomic E-state index is 14.1. The zero-order chi connectivity index (χ0) is 33.2. The Morgan fingerprint density at radius 3 is 2.44 bits per heavy atom. The predicted molar refractivity (Wildman–Crippen MR) is 185 cm³/mol. The normalized spacial score (nSPS) is 20.7. The Morgan fingerprint density at radius 2 is 1.67 bits per heavy atom. The van der Waals surface area contributed by atoms with Crippen molar-refractivity contribution in [1.29, 1.82) is 0 Å². The average Bonchev–Trinajstić information content (AvgIpc) is 3.40. The lowest BCUT2D eigenvalue weighted by Crippen LogP contribution is -2.55. The molecule has 7 rings (SSSR count). The Balaban J connectivity index is 1.01. The Labute approximate surface area is 283 Å². The highest BCUT2D eigenvalue weighted by Crippen LogP contribution is 2.27. The third-order valence-corrected chi connectivity index (χ3v) is 11.0. The van der Waals surface area contributed by atoms with Gasteiger partial charge in [0.15, 0.2) is 6.10 Å². The molecule has 2 aromatic carbocycles. The molecule has 256 valence electrons. The largest absolute Gasteiger partial charge is 0.436 e. The van der Waals surface area contributed by atoms with Crippen molar-refractivity contribution in [2.75, 3.05) is 51.1 Å². The van der Waals surface area contributed by atoms with Gasteiger partial charge in [0.25, 0.3) is 5.91 Å². The van der Waals surface area contributed by atoms with E-state index in [4.69, 9.17) is 4.74 Å². The van der Waals surface area contributed by atoms with Crippen molar-refractivity contribution in [3.8, 4) is 0 Å². The van der Waals surface area contributed by atoms with Crippen LogP contribution < -0.4 is 5.32 Å². The SMILES string of the molecule is Cc1cc(C[C@@H](OC(=O)N2CCC(N3CCc4ccccc4NC3=O)CC2)C(=O)N2CCN(C3CCCCC3)CC2)cc2ncn(C)c12. The number of imidazole rings is 1. The molecule has 4 heterocycles. The second kappa shape index (κ2) is 14.2. The van der Waals surface area contributed by atoms with Gasteiger partial charge in [0, 0.05) is 77.1 Å². The first kappa shape index (κ1) is 32.4. The van der Waals surface area contributed by atoms with E-state index >= 15 is 0 Å². The van der Waals surface area contributed by atoms with Crippen molar-refractivity contribution in [2.45, 2.75) is 82.9 Å². The number of para-hydroxylation sites is 1. The van der Waals surface area contributed by atoms with Crippen LogP contribution in [0.15, 0.2) is 42.7 Å². The molecule has 4 aliphatic rings. The van der Waals surface area contributed by atoms with Crippen molar-refractivity contribution in [3.63, 3.8) is 0 Å². The quantitative estimate of drug-likeness (QED) is 0.403. The van der Waals surface area contributed by atoms with Gasteiger partial charge in [-0.25, -0.2) is 14.6 Å². The minimum Gasteiger partial charge on any atom is -0.436 e. The lowest BCUT2D eigenvalue weighted by Gasteiger charge is -2.41. The first-order valence-corrected chi connectivity index (χ1v) is 17.9. The van der Waals surface area contributed by atoms with Gasteiger partial charge in [-0.05, 0) is 67.9 Å². The van der Waals surface area contributed by atoms with Crippen molar-refractivity contribution in [1.82, 2.24) is 29.2 Å². The van der Waals surface area contributed by atoms with Crippen LogP contribution in [-0.4, -0.2) is 111 Å². The third kappa shape index (κ3) is 6.88. The molecule has 2 saturated heterocycles. The van der Waals surface area contributed by atoms with Crippen LogP contribution in [0.25, 0.3) is 11.0 Å². The summed E-state index contributed by atoms with van der Waals surface area (Å²) in [5, 5.41) is 3.06. The number of urea groups is 1. The molecule has 1 atom stereocenters. The van der Waals surface area contributed by atoms with Gasteiger partial charge in [-0.15, -0.1) is 0 Å². The topological polar surface area (TPSA) is 103 Å². The van der Waals surface area contributed by atoms with Crippen molar-refractivity contribution >= 4 is 34.8 Å². The van der Waals surface area contributed by atoms with Gasteiger partial charge < -0.3 is 29.3 Å². The summed E-state index contributed by atoms with van der Waals surface area (Å²) in [7, 11) is 1.98. The summed E-state index contributed by atoms with van der Waals surface area (Å²) in [6.45, 7) is 6.65. The van der Waals surface area contributed by atoms with E-state index in [-0.39, 0.29) is 18.0 Å². The number of nitrogens with zero attached hydrogens (tertiary/aromatic N) is 6. The molecule has 3 aliphatic heterocycles. The summed E-state index contributed by atoms with van der Waals surface area (Å²) < 4.78 is 8.14. The minimum atomic E-state index is -0.924. The Hall–Kier alpha value is -4.12. The summed E-state index contributed by atoms with van der Waals surface area (Å²) >= 11 is 0. The van der Waals surface area contributed by atoms with Crippen LogP contribution in [0.4, 0.5) is 15.3 Å². The van der Waals surface area contributed by atoms with Crippen LogP contribution in [0.2, 0.25) is 0 Å². The second-order valence-electron chi connectivity index (χ2n) is 14.1. The second-order valence-corrected chi connectivity index (χ2v) is 14.1. The highest BCUT2D eigenvalue weighted by molar-refractivity contribution is 5.91. The molecule has 0 bridgehead atoms. The standard InChI is InChI=1S/C37H49N7O4/c1-26-22-27(23-32-34(26)40(2)25-38-32)24-33(35(45)42-20-18-41(19-21-42)29-9-4-3-5-10-29)48-37(47)43-15-13-30(14-16-43)44-17-12-28-8-6-7-11-31(28)39-36(44)46/h6-8,11,22-23,25,29-30,33H,3-5,9-10,12-21,24H2,1-2H3,(H,39,46)/t33-/m1/s1. The minimum absolute atomic E-state index is 0.0364. The number of piperidine rings is 1. The Kier molecular flexibility index (Phi) is 9.57. The van der Waals surface area contributed by atoms with Gasteiger partial charge in [0.1, 0.15) is 0 Å². The van der Waals surface area contributed by atoms with Gasteiger partial charge >= 0.3 is 12.1 Å². The van der Waals surface area contributed by atoms with E-state index in [2.05, 4.69) is 27.3 Å². The first-order valence-electron chi connectivity index (χ1n) is 17.9. The molecule has 3 fully saturated rings. The summed E-state index contributed by atoms with van der Waals surface area (Å²) in [4.78, 5) is 53.5. The van der Waals surface area contributed by atoms with Gasteiger partial charge in [-0.2, -0.15) is 0 Å². The smallest absolute Gasteiger partial charge is 0.410 e. The lowest BCUT2D eigenvalue weighted by molar-refractivity contribution is -0.143. The highest BCUT2D eigenvalue weighted by atomic mass is 16.6. The third-order valence-electron chi connectivity index (χ3n) is 11.0. The molecular weight excluding hydrogens is 606 g/mol. The summed E-state index contributed by atoms with van der Waals surface area (Å²) in [6, 6.07) is 12.6. The molecule has 1 N–H and O–H groups in total. The summed E-state index contributed by atoms with van der Waals surface area (Å²) in [6.07, 6.45) is 9.23.